The smallest absolute Gasteiger partial charge is 0.348 e. The molecule has 0 saturated heterocycles. The highest BCUT2D eigenvalue weighted by Gasteiger charge is 2.13. The molecule has 0 amide bonds. The molecule has 0 aliphatic rings. The van der Waals surface area contributed by atoms with Crippen LogP contribution in [0.25, 0.3) is 6.08 Å². The monoisotopic (exact) mass is 291 g/mol. The van der Waals surface area contributed by atoms with Crippen molar-refractivity contribution >= 4 is 12.0 Å². The van der Waals surface area contributed by atoms with Gasteiger partial charge in [0.25, 0.3) is 5.56 Å². The van der Waals surface area contributed by atoms with Crippen molar-refractivity contribution in [1.29, 1.82) is 5.26 Å². The van der Waals surface area contributed by atoms with Crippen molar-refractivity contribution in [1.82, 2.24) is 9.13 Å². The number of hydrogen-bond donors (Lipinski definition) is 0. The third-order valence-electron chi connectivity index (χ3n) is 2.84. The largest absolute Gasteiger partial charge is 0.462 e. The predicted octanol–water partition coefficient (Wildman–Crippen LogP) is 0.334. The van der Waals surface area contributed by atoms with Gasteiger partial charge in [0.15, 0.2) is 0 Å². The Bertz CT molecular complexity index is 719. The highest BCUT2D eigenvalue weighted by Crippen LogP contribution is 2.04. The summed E-state index contributed by atoms with van der Waals surface area (Å²) >= 11 is 0. The summed E-state index contributed by atoms with van der Waals surface area (Å²) in [5, 5.41) is 9.00. The zero-order valence-corrected chi connectivity index (χ0v) is 12.3. The highest BCUT2D eigenvalue weighted by atomic mass is 16.5. The molecule has 0 aliphatic carbocycles. The number of esters is 1. The first-order chi connectivity index (χ1) is 9.92. The summed E-state index contributed by atoms with van der Waals surface area (Å²) in [6.45, 7) is 2.17. The third kappa shape index (κ3) is 3.92. The van der Waals surface area contributed by atoms with Crippen LogP contribution >= 0.6 is 0 Å². The van der Waals surface area contributed by atoms with E-state index < -0.39 is 17.2 Å². The van der Waals surface area contributed by atoms with Crippen molar-refractivity contribution in [3.8, 4) is 6.07 Å². The second kappa shape index (κ2) is 7.24. The van der Waals surface area contributed by atoms with Gasteiger partial charge in [-0.3, -0.25) is 9.36 Å². The Labute approximate surface area is 121 Å². The summed E-state index contributed by atoms with van der Waals surface area (Å²) in [6.07, 6.45) is 3.98. The summed E-state index contributed by atoms with van der Waals surface area (Å²) < 4.78 is 7.03. The second-order valence-electron chi connectivity index (χ2n) is 4.50. The minimum absolute atomic E-state index is 0.0728. The topological polar surface area (TPSA) is 94.1 Å². The summed E-state index contributed by atoms with van der Waals surface area (Å²) in [4.78, 5) is 35.2. The van der Waals surface area contributed by atoms with Crippen molar-refractivity contribution in [3.63, 3.8) is 0 Å². The van der Waals surface area contributed by atoms with Gasteiger partial charge in [-0.1, -0.05) is 13.3 Å². The van der Waals surface area contributed by atoms with E-state index in [4.69, 9.17) is 10.00 Å². The van der Waals surface area contributed by atoms with Crippen molar-refractivity contribution in [3.05, 3.63) is 38.2 Å². The Balaban J connectivity index is 3.16. The quantitative estimate of drug-likeness (QED) is 0.337. The third-order valence-corrected chi connectivity index (χ3v) is 2.84. The normalized spacial score (nSPS) is 11.0. The van der Waals surface area contributed by atoms with E-state index >= 15 is 0 Å². The van der Waals surface area contributed by atoms with Crippen LogP contribution in [0.4, 0.5) is 0 Å². The lowest BCUT2D eigenvalue weighted by Crippen LogP contribution is -2.37. The first kappa shape index (κ1) is 16.4. The molecule has 0 atom stereocenters. The Morgan fingerprint density at radius 1 is 1.43 bits per heavy atom. The van der Waals surface area contributed by atoms with Gasteiger partial charge in [0, 0.05) is 20.3 Å². The molecule has 0 unspecified atom stereocenters. The molecule has 0 spiro atoms. The molecule has 0 N–H and O–H groups in total. The molecule has 1 heterocycles. The molecular weight excluding hydrogens is 274 g/mol. The van der Waals surface area contributed by atoms with Gasteiger partial charge in [0.1, 0.15) is 11.6 Å². The molecule has 7 nitrogen and oxygen atoms in total. The average molecular weight is 291 g/mol. The van der Waals surface area contributed by atoms with Crippen molar-refractivity contribution in [2.75, 3.05) is 6.61 Å². The fraction of sp³-hybridized carbons (Fsp3) is 0.429. The predicted molar refractivity (Wildman–Crippen MR) is 76.4 cm³/mol. The first-order valence-electron chi connectivity index (χ1n) is 6.48. The van der Waals surface area contributed by atoms with E-state index in [9.17, 15) is 14.4 Å². The van der Waals surface area contributed by atoms with Crippen LogP contribution in [0.1, 0.15) is 25.3 Å². The van der Waals surface area contributed by atoms with Crippen LogP contribution in [0.15, 0.2) is 21.4 Å². The number of hydrogen-bond acceptors (Lipinski definition) is 5. The number of nitriles is 1. The van der Waals surface area contributed by atoms with Crippen LogP contribution in [0.5, 0.6) is 0 Å². The van der Waals surface area contributed by atoms with Gasteiger partial charge >= 0.3 is 11.7 Å². The molecule has 0 bridgehead atoms. The van der Waals surface area contributed by atoms with Crippen LogP contribution in [0.2, 0.25) is 0 Å². The lowest BCUT2D eigenvalue weighted by atomic mass is 10.2. The molecule has 21 heavy (non-hydrogen) atoms. The van der Waals surface area contributed by atoms with E-state index in [2.05, 4.69) is 0 Å². The van der Waals surface area contributed by atoms with E-state index in [0.717, 1.165) is 17.1 Å². The van der Waals surface area contributed by atoms with Crippen molar-refractivity contribution in [2.24, 2.45) is 14.1 Å². The van der Waals surface area contributed by atoms with Crippen LogP contribution in [0, 0.1) is 11.3 Å². The number of nitrogens with zero attached hydrogens (tertiary/aromatic N) is 3. The van der Waals surface area contributed by atoms with Gasteiger partial charge in [0.2, 0.25) is 0 Å². The summed E-state index contributed by atoms with van der Waals surface area (Å²) in [7, 11) is 2.80. The standard InChI is InChI=1S/C14H17N3O4/c1-4-5-6-21-13(19)10(8-15)7-11-9-16(2)14(20)17(3)12(11)18/h7,9H,4-6H2,1-3H3/b10-7+. The zero-order valence-electron chi connectivity index (χ0n) is 12.3. The van der Waals surface area contributed by atoms with E-state index in [1.165, 1.54) is 24.9 Å². The lowest BCUT2D eigenvalue weighted by molar-refractivity contribution is -0.138. The lowest BCUT2D eigenvalue weighted by Gasteiger charge is -2.05. The number of ether oxygens (including phenoxy) is 1. The Hall–Kier alpha value is -2.62. The first-order valence-corrected chi connectivity index (χ1v) is 6.48. The minimum Gasteiger partial charge on any atom is -0.462 e. The highest BCUT2D eigenvalue weighted by molar-refractivity contribution is 5.97. The van der Waals surface area contributed by atoms with Gasteiger partial charge < -0.3 is 9.30 Å². The van der Waals surface area contributed by atoms with Crippen LogP contribution in [0.3, 0.4) is 0 Å². The van der Waals surface area contributed by atoms with Crippen LogP contribution in [-0.4, -0.2) is 21.7 Å². The molecule has 1 aromatic heterocycles. The maximum absolute atomic E-state index is 11.9. The molecule has 0 aromatic carbocycles. The Morgan fingerprint density at radius 3 is 2.67 bits per heavy atom. The molecule has 1 aromatic rings. The van der Waals surface area contributed by atoms with E-state index in [-0.39, 0.29) is 17.7 Å². The van der Waals surface area contributed by atoms with E-state index in [1.54, 1.807) is 6.07 Å². The maximum atomic E-state index is 11.9. The molecule has 1 rings (SSSR count). The van der Waals surface area contributed by atoms with Gasteiger partial charge in [0.05, 0.1) is 12.2 Å². The van der Waals surface area contributed by atoms with Crippen LogP contribution < -0.4 is 11.2 Å². The van der Waals surface area contributed by atoms with Gasteiger partial charge in [-0.15, -0.1) is 0 Å². The summed E-state index contributed by atoms with van der Waals surface area (Å²) in [6, 6.07) is 1.71. The summed E-state index contributed by atoms with van der Waals surface area (Å²) in [5.74, 6) is -0.776. The SMILES string of the molecule is CCCCOC(=O)/C(C#N)=C/c1cn(C)c(=O)n(C)c1=O. The number of aryl methyl sites for hydroxylation is 1. The second-order valence-corrected chi connectivity index (χ2v) is 4.50. The number of unbranched alkanes of at least 4 members (excludes halogenated alkanes) is 1. The van der Waals surface area contributed by atoms with E-state index in [1.807, 2.05) is 6.92 Å². The molecular formula is C14H17N3O4. The van der Waals surface area contributed by atoms with E-state index in [0.29, 0.717) is 6.42 Å². The number of carbonyl (C=O) groups is 1. The molecule has 7 heteroatoms. The molecule has 0 saturated carbocycles. The van der Waals surface area contributed by atoms with Gasteiger partial charge in [-0.25, -0.2) is 9.59 Å². The Morgan fingerprint density at radius 2 is 2.10 bits per heavy atom. The fourth-order valence-electron chi connectivity index (χ4n) is 1.61. The zero-order chi connectivity index (χ0) is 16.0. The van der Waals surface area contributed by atoms with Crippen LogP contribution in [-0.2, 0) is 23.6 Å². The van der Waals surface area contributed by atoms with Gasteiger partial charge in [-0.2, -0.15) is 5.26 Å². The minimum atomic E-state index is -0.776. The molecule has 0 fully saturated rings. The van der Waals surface area contributed by atoms with Crippen molar-refractivity contribution < 1.29 is 9.53 Å². The van der Waals surface area contributed by atoms with Crippen molar-refractivity contribution in [2.45, 2.75) is 19.8 Å². The summed E-state index contributed by atoms with van der Waals surface area (Å²) in [5.41, 5.74) is -1.26. The molecule has 0 radical (unpaired) electrons. The Kier molecular flexibility index (Phi) is 5.67. The maximum Gasteiger partial charge on any atom is 0.348 e. The van der Waals surface area contributed by atoms with Gasteiger partial charge in [-0.05, 0) is 12.5 Å². The number of rotatable bonds is 5. The fourth-order valence-corrected chi connectivity index (χ4v) is 1.61. The molecule has 0 aliphatic heterocycles. The number of aromatic nitrogens is 2. The number of carbonyl (C=O) groups excluding carboxylic acids is 1. The molecule has 112 valence electrons. The average Bonchev–Trinajstić information content (AvgIpc) is 2.47.